The smallest absolute Gasteiger partial charge is 0.147 e. The molecule has 1 aromatic rings. The van der Waals surface area contributed by atoms with E-state index in [0.29, 0.717) is 23.2 Å². The lowest BCUT2D eigenvalue weighted by atomic mass is 9.99. The molecule has 0 aromatic heterocycles. The first kappa shape index (κ1) is 11.9. The highest BCUT2D eigenvalue weighted by atomic mass is 19.1. The molecule has 1 aliphatic rings. The minimum atomic E-state index is -0.339. The van der Waals surface area contributed by atoms with Crippen LogP contribution in [0.5, 0.6) is 0 Å². The quantitative estimate of drug-likeness (QED) is 0.862. The molecule has 1 saturated carbocycles. The lowest BCUT2D eigenvalue weighted by Gasteiger charge is -2.21. The second kappa shape index (κ2) is 5.18. The maximum atomic E-state index is 13.7. The van der Waals surface area contributed by atoms with Crippen molar-refractivity contribution in [1.82, 2.24) is 0 Å². The number of nitrogens with one attached hydrogen (secondary N) is 1. The van der Waals surface area contributed by atoms with Gasteiger partial charge < -0.3 is 5.32 Å². The molecule has 1 N–H and O–H groups in total. The highest BCUT2D eigenvalue weighted by Crippen LogP contribution is 2.29. The van der Waals surface area contributed by atoms with E-state index in [0.717, 1.165) is 0 Å². The number of hydrogen-bond acceptors (Lipinski definition) is 2. The Morgan fingerprint density at radius 3 is 2.71 bits per heavy atom. The Morgan fingerprint density at radius 2 is 2.12 bits per heavy atom. The molecular formula is C14H17FN2. The molecule has 0 heterocycles. The van der Waals surface area contributed by atoms with Crippen molar-refractivity contribution < 1.29 is 4.39 Å². The summed E-state index contributed by atoms with van der Waals surface area (Å²) in [5, 5.41) is 11.9. The summed E-state index contributed by atoms with van der Waals surface area (Å²) in [7, 11) is 0. The molecule has 3 heteroatoms. The van der Waals surface area contributed by atoms with E-state index >= 15 is 0 Å². The molecule has 1 fully saturated rings. The summed E-state index contributed by atoms with van der Waals surface area (Å²) in [6, 6.07) is 6.81. The monoisotopic (exact) mass is 232 g/mol. The average molecular weight is 232 g/mol. The molecule has 2 nitrogen and oxygen atoms in total. The van der Waals surface area contributed by atoms with Gasteiger partial charge in [-0.3, -0.25) is 0 Å². The van der Waals surface area contributed by atoms with E-state index in [-0.39, 0.29) is 5.82 Å². The van der Waals surface area contributed by atoms with Gasteiger partial charge in [0.25, 0.3) is 0 Å². The summed E-state index contributed by atoms with van der Waals surface area (Å²) in [4.78, 5) is 0. The van der Waals surface area contributed by atoms with E-state index in [4.69, 9.17) is 5.26 Å². The highest BCUT2D eigenvalue weighted by Gasteiger charge is 2.21. The molecular weight excluding hydrogens is 215 g/mol. The number of hydrogen-bond donors (Lipinski definition) is 1. The SMILES string of the molecule is CC(Nc1ccc(C#N)cc1F)C1CCCC1. The van der Waals surface area contributed by atoms with Crippen molar-refractivity contribution in [2.24, 2.45) is 5.92 Å². The fourth-order valence-corrected chi connectivity index (χ4v) is 2.52. The van der Waals surface area contributed by atoms with Crippen LogP contribution < -0.4 is 5.32 Å². The summed E-state index contributed by atoms with van der Waals surface area (Å²) in [6.07, 6.45) is 5.03. The van der Waals surface area contributed by atoms with Crippen molar-refractivity contribution >= 4 is 5.69 Å². The third kappa shape index (κ3) is 2.76. The van der Waals surface area contributed by atoms with Gasteiger partial charge in [-0.2, -0.15) is 5.26 Å². The van der Waals surface area contributed by atoms with E-state index < -0.39 is 0 Å². The fourth-order valence-electron chi connectivity index (χ4n) is 2.52. The van der Waals surface area contributed by atoms with Gasteiger partial charge in [0.15, 0.2) is 0 Å². The molecule has 1 unspecified atom stereocenters. The van der Waals surface area contributed by atoms with Crippen LogP contribution in [0.1, 0.15) is 38.2 Å². The van der Waals surface area contributed by atoms with Crippen LogP contribution in [0, 0.1) is 23.1 Å². The maximum Gasteiger partial charge on any atom is 0.147 e. The molecule has 0 saturated heterocycles. The van der Waals surface area contributed by atoms with E-state index in [1.165, 1.54) is 31.7 Å². The number of nitrogens with zero attached hydrogens (tertiary/aromatic N) is 1. The molecule has 1 aliphatic carbocycles. The maximum absolute atomic E-state index is 13.7. The zero-order valence-electron chi connectivity index (χ0n) is 10.0. The minimum Gasteiger partial charge on any atom is -0.380 e. The second-order valence-electron chi connectivity index (χ2n) is 4.78. The molecule has 0 amide bonds. The zero-order valence-corrected chi connectivity index (χ0v) is 10.0. The summed E-state index contributed by atoms with van der Waals surface area (Å²) in [6.45, 7) is 2.10. The Balaban J connectivity index is 2.05. The first-order valence-corrected chi connectivity index (χ1v) is 6.17. The number of halogens is 1. The molecule has 0 spiro atoms. The van der Waals surface area contributed by atoms with E-state index in [1.54, 1.807) is 12.1 Å². The third-order valence-electron chi connectivity index (χ3n) is 3.59. The van der Waals surface area contributed by atoms with Gasteiger partial charge in [0.2, 0.25) is 0 Å². The standard InChI is InChI=1S/C14H17FN2/c1-10(12-4-2-3-5-12)17-14-7-6-11(9-16)8-13(14)15/h6-8,10,12,17H,2-5H2,1H3. The molecule has 0 aliphatic heterocycles. The van der Waals surface area contributed by atoms with Gasteiger partial charge in [-0.05, 0) is 43.9 Å². The first-order valence-electron chi connectivity index (χ1n) is 6.17. The second-order valence-corrected chi connectivity index (χ2v) is 4.78. The fraction of sp³-hybridized carbons (Fsp3) is 0.500. The summed E-state index contributed by atoms with van der Waals surface area (Å²) < 4.78 is 13.7. The minimum absolute atomic E-state index is 0.292. The largest absolute Gasteiger partial charge is 0.380 e. The Bertz CT molecular complexity index is 430. The first-order chi connectivity index (χ1) is 8.20. The van der Waals surface area contributed by atoms with Crippen molar-refractivity contribution in [3.8, 4) is 6.07 Å². The number of nitriles is 1. The summed E-state index contributed by atoms with van der Waals surface area (Å²) in [5.41, 5.74) is 0.866. The van der Waals surface area contributed by atoms with Crippen LogP contribution in [0.15, 0.2) is 18.2 Å². The molecule has 1 atom stereocenters. The molecule has 1 aromatic carbocycles. The molecule has 0 radical (unpaired) electrons. The highest BCUT2D eigenvalue weighted by molar-refractivity contribution is 5.49. The van der Waals surface area contributed by atoms with Gasteiger partial charge in [-0.1, -0.05) is 12.8 Å². The Kier molecular flexibility index (Phi) is 3.63. The third-order valence-corrected chi connectivity index (χ3v) is 3.59. The molecule has 2 rings (SSSR count). The van der Waals surface area contributed by atoms with E-state index in [9.17, 15) is 4.39 Å². The topological polar surface area (TPSA) is 35.8 Å². The normalized spacial score (nSPS) is 17.7. The van der Waals surface area contributed by atoms with Crippen LogP contribution in [0.25, 0.3) is 0 Å². The summed E-state index contributed by atoms with van der Waals surface area (Å²) >= 11 is 0. The van der Waals surface area contributed by atoms with Crippen LogP contribution in [-0.2, 0) is 0 Å². The van der Waals surface area contributed by atoms with Crippen molar-refractivity contribution in [3.05, 3.63) is 29.6 Å². The number of rotatable bonds is 3. The van der Waals surface area contributed by atoms with Crippen molar-refractivity contribution in [2.45, 2.75) is 38.6 Å². The lowest BCUT2D eigenvalue weighted by Crippen LogP contribution is -2.24. The summed E-state index contributed by atoms with van der Waals surface area (Å²) in [5.74, 6) is 0.305. The lowest BCUT2D eigenvalue weighted by molar-refractivity contribution is 0.479. The predicted molar refractivity (Wildman–Crippen MR) is 66.2 cm³/mol. The van der Waals surface area contributed by atoms with Crippen molar-refractivity contribution in [2.75, 3.05) is 5.32 Å². The van der Waals surface area contributed by atoms with E-state index in [2.05, 4.69) is 12.2 Å². The van der Waals surface area contributed by atoms with Gasteiger partial charge in [0.05, 0.1) is 17.3 Å². The molecule has 0 bridgehead atoms. The number of benzene rings is 1. The van der Waals surface area contributed by atoms with Crippen LogP contribution in [0.3, 0.4) is 0 Å². The average Bonchev–Trinajstić information content (AvgIpc) is 2.85. The van der Waals surface area contributed by atoms with Crippen LogP contribution >= 0.6 is 0 Å². The van der Waals surface area contributed by atoms with Gasteiger partial charge in [0.1, 0.15) is 5.82 Å². The van der Waals surface area contributed by atoms with Crippen molar-refractivity contribution in [1.29, 1.82) is 5.26 Å². The predicted octanol–water partition coefficient (Wildman–Crippen LogP) is 3.69. The van der Waals surface area contributed by atoms with Gasteiger partial charge in [-0.15, -0.1) is 0 Å². The molecule has 17 heavy (non-hydrogen) atoms. The van der Waals surface area contributed by atoms with Crippen LogP contribution in [0.2, 0.25) is 0 Å². The van der Waals surface area contributed by atoms with E-state index in [1.807, 2.05) is 6.07 Å². The Labute approximate surface area is 101 Å². The molecule has 90 valence electrons. The zero-order chi connectivity index (χ0) is 12.3. The Hall–Kier alpha value is -1.56. The van der Waals surface area contributed by atoms with Gasteiger partial charge in [0, 0.05) is 6.04 Å². The van der Waals surface area contributed by atoms with Gasteiger partial charge in [-0.25, -0.2) is 4.39 Å². The van der Waals surface area contributed by atoms with Crippen LogP contribution in [-0.4, -0.2) is 6.04 Å². The van der Waals surface area contributed by atoms with Crippen LogP contribution in [0.4, 0.5) is 10.1 Å². The Morgan fingerprint density at radius 1 is 1.41 bits per heavy atom. The number of anilines is 1. The van der Waals surface area contributed by atoms with Crippen molar-refractivity contribution in [3.63, 3.8) is 0 Å². The van der Waals surface area contributed by atoms with Gasteiger partial charge >= 0.3 is 0 Å².